The average Bonchev–Trinajstić information content (AvgIpc) is 2.64. The van der Waals surface area contributed by atoms with E-state index in [2.05, 4.69) is 4.98 Å². The number of piperidine rings is 1. The van der Waals surface area contributed by atoms with Gasteiger partial charge in [-0.05, 0) is 18.2 Å². The van der Waals surface area contributed by atoms with Crippen molar-refractivity contribution in [1.82, 2.24) is 4.98 Å². The minimum absolute atomic E-state index is 0.0274. The Kier molecular flexibility index (Phi) is 4.93. The highest BCUT2D eigenvalue weighted by Crippen LogP contribution is 2.30. The Hall–Kier alpha value is -3.28. The predicted octanol–water partition coefficient (Wildman–Crippen LogP) is 3.19. The fourth-order valence-corrected chi connectivity index (χ4v) is 2.81. The lowest BCUT2D eigenvalue weighted by Crippen LogP contribution is -2.39. The van der Waals surface area contributed by atoms with Crippen molar-refractivity contribution in [3.8, 4) is 11.8 Å². The molecule has 0 atom stereocenters. The van der Waals surface area contributed by atoms with Crippen molar-refractivity contribution in [3.05, 3.63) is 57.8 Å². The molecular formula is C17H14F2N4O3. The second-order valence-corrected chi connectivity index (χ2v) is 5.79. The van der Waals surface area contributed by atoms with E-state index in [-0.39, 0.29) is 29.1 Å². The standard InChI is InChI=1S/C17H14F2N4O3/c18-11-1-4-16(14(19)9-11)26-13-5-7-22(8-6-13)17-15(23(24)25)3-2-12(10-20)21-17/h1-4,9,13H,5-8H2. The summed E-state index contributed by atoms with van der Waals surface area (Å²) in [5.41, 5.74) is -0.0784. The van der Waals surface area contributed by atoms with Gasteiger partial charge in [0.25, 0.3) is 0 Å². The van der Waals surface area contributed by atoms with Gasteiger partial charge in [0.15, 0.2) is 11.6 Å². The molecule has 1 aliphatic heterocycles. The third-order valence-corrected chi connectivity index (χ3v) is 4.09. The van der Waals surface area contributed by atoms with Crippen LogP contribution in [-0.4, -0.2) is 29.1 Å². The zero-order valence-electron chi connectivity index (χ0n) is 13.6. The van der Waals surface area contributed by atoms with Gasteiger partial charge in [0.05, 0.1) is 4.92 Å². The summed E-state index contributed by atoms with van der Waals surface area (Å²) in [5, 5.41) is 20.2. The first-order valence-corrected chi connectivity index (χ1v) is 7.90. The highest BCUT2D eigenvalue weighted by atomic mass is 19.1. The molecule has 0 saturated carbocycles. The van der Waals surface area contributed by atoms with Gasteiger partial charge in [-0.25, -0.2) is 13.8 Å². The fraction of sp³-hybridized carbons (Fsp3) is 0.294. The summed E-state index contributed by atoms with van der Waals surface area (Å²) >= 11 is 0. The summed E-state index contributed by atoms with van der Waals surface area (Å²) in [6.45, 7) is 0.798. The third-order valence-electron chi connectivity index (χ3n) is 4.09. The molecule has 134 valence electrons. The molecule has 0 unspecified atom stereocenters. The molecule has 26 heavy (non-hydrogen) atoms. The summed E-state index contributed by atoms with van der Waals surface area (Å²) in [6, 6.07) is 7.54. The van der Waals surface area contributed by atoms with Gasteiger partial charge in [-0.15, -0.1) is 0 Å². The van der Waals surface area contributed by atoms with E-state index in [1.54, 1.807) is 4.90 Å². The molecule has 0 spiro atoms. The van der Waals surface area contributed by atoms with Crippen LogP contribution >= 0.6 is 0 Å². The number of halogens is 2. The van der Waals surface area contributed by atoms with Crippen LogP contribution in [-0.2, 0) is 0 Å². The lowest BCUT2D eigenvalue weighted by molar-refractivity contribution is -0.384. The number of hydrogen-bond acceptors (Lipinski definition) is 6. The first kappa shape index (κ1) is 17.5. The highest BCUT2D eigenvalue weighted by molar-refractivity contribution is 5.59. The van der Waals surface area contributed by atoms with E-state index in [0.29, 0.717) is 25.9 Å². The van der Waals surface area contributed by atoms with Crippen molar-refractivity contribution in [2.45, 2.75) is 18.9 Å². The van der Waals surface area contributed by atoms with Crippen LogP contribution in [0.25, 0.3) is 0 Å². The Morgan fingerprint density at radius 2 is 2.00 bits per heavy atom. The van der Waals surface area contributed by atoms with Gasteiger partial charge in [-0.3, -0.25) is 10.1 Å². The van der Waals surface area contributed by atoms with Gasteiger partial charge < -0.3 is 9.64 Å². The number of nitrogens with zero attached hydrogens (tertiary/aromatic N) is 4. The Balaban J connectivity index is 1.71. The Morgan fingerprint density at radius 1 is 1.27 bits per heavy atom. The quantitative estimate of drug-likeness (QED) is 0.614. The molecule has 7 nitrogen and oxygen atoms in total. The maximum absolute atomic E-state index is 13.7. The predicted molar refractivity (Wildman–Crippen MR) is 87.8 cm³/mol. The van der Waals surface area contributed by atoms with Gasteiger partial charge in [-0.1, -0.05) is 0 Å². The SMILES string of the molecule is N#Cc1ccc([N+](=O)[O-])c(N2CCC(Oc3ccc(F)cc3F)CC2)n1. The Bertz CT molecular complexity index is 877. The Labute approximate surface area is 147 Å². The number of aromatic nitrogens is 1. The number of anilines is 1. The average molecular weight is 360 g/mol. The molecule has 1 saturated heterocycles. The van der Waals surface area contributed by atoms with Crippen LogP contribution in [0.4, 0.5) is 20.3 Å². The van der Waals surface area contributed by atoms with Gasteiger partial charge in [0, 0.05) is 38.1 Å². The number of pyridine rings is 1. The molecule has 3 rings (SSSR count). The number of benzene rings is 1. The molecular weight excluding hydrogens is 346 g/mol. The molecule has 1 aromatic heterocycles. The van der Waals surface area contributed by atoms with Crippen molar-refractivity contribution >= 4 is 11.5 Å². The normalized spacial score (nSPS) is 14.7. The molecule has 1 aromatic carbocycles. The van der Waals surface area contributed by atoms with E-state index in [0.717, 1.165) is 12.1 Å². The largest absolute Gasteiger partial charge is 0.487 e. The lowest BCUT2D eigenvalue weighted by atomic mass is 10.1. The number of rotatable bonds is 4. The molecule has 1 aliphatic rings. The number of nitro groups is 1. The zero-order valence-corrected chi connectivity index (χ0v) is 13.6. The highest BCUT2D eigenvalue weighted by Gasteiger charge is 2.27. The van der Waals surface area contributed by atoms with E-state index in [9.17, 15) is 18.9 Å². The Morgan fingerprint density at radius 3 is 2.62 bits per heavy atom. The second kappa shape index (κ2) is 7.31. The molecule has 0 radical (unpaired) electrons. The summed E-state index contributed by atoms with van der Waals surface area (Å²) in [5.74, 6) is -1.34. The van der Waals surface area contributed by atoms with Crippen molar-refractivity contribution < 1.29 is 18.4 Å². The van der Waals surface area contributed by atoms with Gasteiger partial charge in [-0.2, -0.15) is 5.26 Å². The van der Waals surface area contributed by atoms with Crippen LogP contribution in [0.1, 0.15) is 18.5 Å². The number of hydrogen-bond donors (Lipinski definition) is 0. The maximum Gasteiger partial charge on any atom is 0.311 e. The van der Waals surface area contributed by atoms with Crippen molar-refractivity contribution in [3.63, 3.8) is 0 Å². The smallest absolute Gasteiger partial charge is 0.311 e. The summed E-state index contributed by atoms with van der Waals surface area (Å²) < 4.78 is 32.2. The van der Waals surface area contributed by atoms with E-state index in [4.69, 9.17) is 10.00 Å². The van der Waals surface area contributed by atoms with Gasteiger partial charge >= 0.3 is 5.69 Å². The molecule has 0 aliphatic carbocycles. The minimum Gasteiger partial charge on any atom is -0.487 e. The van der Waals surface area contributed by atoms with E-state index < -0.39 is 16.6 Å². The molecule has 0 amide bonds. The molecule has 2 aromatic rings. The lowest BCUT2D eigenvalue weighted by Gasteiger charge is -2.32. The topological polar surface area (TPSA) is 92.3 Å². The van der Waals surface area contributed by atoms with Crippen LogP contribution in [0.15, 0.2) is 30.3 Å². The van der Waals surface area contributed by atoms with Crippen LogP contribution in [0.5, 0.6) is 5.75 Å². The zero-order chi connectivity index (χ0) is 18.7. The summed E-state index contributed by atoms with van der Waals surface area (Å²) in [7, 11) is 0. The van der Waals surface area contributed by atoms with Crippen molar-refractivity contribution in [1.29, 1.82) is 5.26 Å². The van der Waals surface area contributed by atoms with E-state index in [1.165, 1.54) is 18.2 Å². The van der Waals surface area contributed by atoms with Crippen molar-refractivity contribution in [2.24, 2.45) is 0 Å². The van der Waals surface area contributed by atoms with E-state index >= 15 is 0 Å². The monoisotopic (exact) mass is 360 g/mol. The number of nitriles is 1. The van der Waals surface area contributed by atoms with Crippen LogP contribution in [0.3, 0.4) is 0 Å². The maximum atomic E-state index is 13.7. The van der Waals surface area contributed by atoms with Crippen LogP contribution in [0.2, 0.25) is 0 Å². The van der Waals surface area contributed by atoms with Crippen LogP contribution in [0, 0.1) is 33.1 Å². The van der Waals surface area contributed by atoms with Gasteiger partial charge in [0.2, 0.25) is 5.82 Å². The van der Waals surface area contributed by atoms with Crippen LogP contribution < -0.4 is 9.64 Å². The summed E-state index contributed by atoms with van der Waals surface area (Å²) in [4.78, 5) is 16.4. The molecule has 1 fully saturated rings. The molecule has 2 heterocycles. The minimum atomic E-state index is -0.772. The first-order valence-electron chi connectivity index (χ1n) is 7.90. The summed E-state index contributed by atoms with van der Waals surface area (Å²) in [6.07, 6.45) is 0.656. The second-order valence-electron chi connectivity index (χ2n) is 5.79. The van der Waals surface area contributed by atoms with Crippen molar-refractivity contribution in [2.75, 3.05) is 18.0 Å². The molecule has 0 N–H and O–H groups in total. The van der Waals surface area contributed by atoms with E-state index in [1.807, 2.05) is 6.07 Å². The molecule has 0 bridgehead atoms. The van der Waals surface area contributed by atoms with Gasteiger partial charge in [0.1, 0.15) is 23.7 Å². The molecule has 9 heteroatoms. The number of ether oxygens (including phenoxy) is 1. The first-order chi connectivity index (χ1) is 12.5. The third kappa shape index (κ3) is 3.69. The fourth-order valence-electron chi connectivity index (χ4n) is 2.81.